The van der Waals surface area contributed by atoms with Crippen LogP contribution in [-0.4, -0.2) is 81.6 Å². The van der Waals surface area contributed by atoms with Gasteiger partial charge in [-0.3, -0.25) is 13.9 Å². The Bertz CT molecular complexity index is 1280. The van der Waals surface area contributed by atoms with Gasteiger partial charge in [0.25, 0.3) is 0 Å². The molecule has 1 aromatic carbocycles. The third kappa shape index (κ3) is 5.17. The quantitative estimate of drug-likeness (QED) is 0.175. The van der Waals surface area contributed by atoms with E-state index < -0.39 is 51.0 Å². The second-order valence-corrected chi connectivity index (χ2v) is 9.15. The predicted molar refractivity (Wildman–Crippen MR) is 118 cm³/mol. The molecule has 2 aromatic heterocycles. The van der Waals surface area contributed by atoms with Gasteiger partial charge in [-0.2, -0.15) is 0 Å². The molecule has 0 bridgehead atoms. The topological polar surface area (TPSA) is 249 Å². The lowest BCUT2D eigenvalue weighted by Gasteiger charge is -2.19. The van der Waals surface area contributed by atoms with Gasteiger partial charge in [0, 0.05) is 5.56 Å². The van der Waals surface area contributed by atoms with Gasteiger partial charge in [0.05, 0.1) is 6.61 Å². The van der Waals surface area contributed by atoms with Crippen molar-refractivity contribution in [3.8, 4) is 11.4 Å². The summed E-state index contributed by atoms with van der Waals surface area (Å²) in [5.41, 5.74) is 13.1. The normalized spacial score (nSPS) is 23.6. The zero-order chi connectivity index (χ0) is 25.5. The fourth-order valence-corrected chi connectivity index (χ4v) is 4.09. The van der Waals surface area contributed by atoms with Crippen LogP contribution in [-0.2, 0) is 25.0 Å². The van der Waals surface area contributed by atoms with Crippen LogP contribution in [0.15, 0.2) is 30.6 Å². The van der Waals surface area contributed by atoms with Crippen LogP contribution >= 0.6 is 7.82 Å². The number of carbonyl (C=O) groups is 1. The summed E-state index contributed by atoms with van der Waals surface area (Å²) >= 11 is 0. The van der Waals surface area contributed by atoms with Gasteiger partial charge >= 0.3 is 13.8 Å². The maximum Gasteiger partial charge on any atom is 0.469 e. The van der Waals surface area contributed by atoms with E-state index in [1.165, 1.54) is 10.9 Å². The van der Waals surface area contributed by atoms with E-state index in [9.17, 15) is 19.6 Å². The monoisotopic (exact) mass is 510 g/mol. The molecule has 1 aliphatic heterocycles. The van der Waals surface area contributed by atoms with Crippen molar-refractivity contribution in [2.24, 2.45) is 5.73 Å². The molecule has 0 saturated carbocycles. The molecule has 0 unspecified atom stereocenters. The fourth-order valence-electron chi connectivity index (χ4n) is 3.75. The highest BCUT2D eigenvalue weighted by Crippen LogP contribution is 2.40. The Morgan fingerprint density at radius 2 is 1.89 bits per heavy atom. The Kier molecular flexibility index (Phi) is 6.86. The van der Waals surface area contributed by atoms with E-state index >= 15 is 0 Å². The molecule has 0 aliphatic carbocycles. The minimum Gasteiger partial charge on any atom is -0.480 e. The summed E-state index contributed by atoms with van der Waals surface area (Å²) < 4.78 is 22.6. The molecule has 188 valence electrons. The molecule has 0 spiro atoms. The van der Waals surface area contributed by atoms with Crippen molar-refractivity contribution in [1.29, 1.82) is 0 Å². The molecule has 35 heavy (non-hydrogen) atoms. The van der Waals surface area contributed by atoms with E-state index in [1.807, 2.05) is 0 Å². The van der Waals surface area contributed by atoms with Crippen LogP contribution < -0.4 is 11.5 Å². The number of aliphatic hydroxyl groups is 2. The molecule has 1 aliphatic rings. The standard InChI is InChI=1S/C19H23N6O9P/c20-10(19(28)29)5-8-1-3-9(4-2-8)16-24-12-15(21)22-7-23-17(12)25(16)18-14(27)13(26)11(34-18)6-33-35(30,31)32/h1-4,7,10-11,13-14,18,26-27H,5-6,20H2,(H,28,29)(H2,21,22,23)(H2,30,31,32)/t10-,11+,13+,14+,18+/m0/s1. The third-order valence-corrected chi connectivity index (χ3v) is 5.97. The first kappa shape index (κ1) is 25.1. The van der Waals surface area contributed by atoms with Gasteiger partial charge < -0.3 is 41.3 Å². The number of imidazole rings is 1. The van der Waals surface area contributed by atoms with Crippen LogP contribution in [0.2, 0.25) is 0 Å². The summed E-state index contributed by atoms with van der Waals surface area (Å²) in [5.74, 6) is -0.851. The number of hydrogen-bond acceptors (Lipinski definition) is 11. The van der Waals surface area contributed by atoms with E-state index in [2.05, 4.69) is 19.5 Å². The summed E-state index contributed by atoms with van der Waals surface area (Å²) in [6.45, 7) is -0.684. The molecule has 0 amide bonds. The Hall–Kier alpha value is -3.01. The number of carboxylic acids is 1. The lowest BCUT2D eigenvalue weighted by atomic mass is 10.0. The first-order valence-electron chi connectivity index (χ1n) is 10.2. The average Bonchev–Trinajstić information content (AvgIpc) is 3.31. The van der Waals surface area contributed by atoms with Gasteiger partial charge in [-0.25, -0.2) is 19.5 Å². The number of anilines is 1. The highest BCUT2D eigenvalue weighted by Gasteiger charge is 2.46. The van der Waals surface area contributed by atoms with Crippen LogP contribution in [0.4, 0.5) is 5.82 Å². The van der Waals surface area contributed by atoms with Crippen molar-refractivity contribution in [3.05, 3.63) is 36.2 Å². The van der Waals surface area contributed by atoms with Gasteiger partial charge in [0.1, 0.15) is 36.5 Å². The molecular weight excluding hydrogens is 487 g/mol. The van der Waals surface area contributed by atoms with Crippen molar-refractivity contribution in [1.82, 2.24) is 19.5 Å². The zero-order valence-electron chi connectivity index (χ0n) is 17.9. The van der Waals surface area contributed by atoms with Crippen LogP contribution in [0, 0.1) is 0 Å². The molecule has 16 heteroatoms. The number of phosphoric acid groups is 1. The molecule has 1 saturated heterocycles. The minimum atomic E-state index is -4.84. The van der Waals surface area contributed by atoms with Crippen molar-refractivity contribution in [2.45, 2.75) is 37.0 Å². The second kappa shape index (κ2) is 9.56. The maximum atomic E-state index is 11.1. The number of nitrogens with zero attached hydrogens (tertiary/aromatic N) is 4. The largest absolute Gasteiger partial charge is 0.480 e. The number of nitrogen functional groups attached to an aromatic ring is 1. The second-order valence-electron chi connectivity index (χ2n) is 7.91. The molecule has 3 aromatic rings. The maximum absolute atomic E-state index is 11.1. The summed E-state index contributed by atoms with van der Waals surface area (Å²) in [6.07, 6.45) is -4.35. The molecule has 9 N–H and O–H groups in total. The number of carboxylic acid groups (broad SMARTS) is 1. The molecule has 15 nitrogen and oxygen atoms in total. The number of phosphoric ester groups is 1. The number of fused-ring (bicyclic) bond motifs is 1. The summed E-state index contributed by atoms with van der Waals surface area (Å²) in [5, 5.41) is 30.1. The average molecular weight is 510 g/mol. The van der Waals surface area contributed by atoms with Gasteiger partial charge in [-0.05, 0) is 12.0 Å². The minimum absolute atomic E-state index is 0.0495. The van der Waals surface area contributed by atoms with Crippen molar-refractivity contribution < 1.29 is 43.7 Å². The molecule has 4 rings (SSSR count). The molecule has 3 heterocycles. The van der Waals surface area contributed by atoms with Gasteiger partial charge in [0.2, 0.25) is 0 Å². The van der Waals surface area contributed by atoms with Gasteiger partial charge in [0.15, 0.2) is 23.2 Å². The van der Waals surface area contributed by atoms with Crippen LogP contribution in [0.25, 0.3) is 22.6 Å². The molecule has 1 fully saturated rings. The predicted octanol–water partition coefficient (Wildman–Crippen LogP) is -1.24. The summed E-state index contributed by atoms with van der Waals surface area (Å²) in [6, 6.07) is 5.55. The fraction of sp³-hybridized carbons (Fsp3) is 0.368. The van der Waals surface area contributed by atoms with Crippen molar-refractivity contribution in [2.75, 3.05) is 12.3 Å². The molecule has 5 atom stereocenters. The van der Waals surface area contributed by atoms with E-state index in [4.69, 9.17) is 31.1 Å². The number of hydrogen-bond donors (Lipinski definition) is 7. The number of aromatic nitrogens is 4. The van der Waals surface area contributed by atoms with E-state index in [1.54, 1.807) is 24.3 Å². The lowest BCUT2D eigenvalue weighted by molar-refractivity contribution is -0.138. The number of aliphatic carboxylic acids is 1. The van der Waals surface area contributed by atoms with Gasteiger partial charge in [-0.1, -0.05) is 24.3 Å². The van der Waals surface area contributed by atoms with Crippen molar-refractivity contribution >= 4 is 30.8 Å². The Labute approximate surface area is 197 Å². The van der Waals surface area contributed by atoms with Crippen LogP contribution in [0.3, 0.4) is 0 Å². The Morgan fingerprint density at radius 1 is 1.20 bits per heavy atom. The third-order valence-electron chi connectivity index (χ3n) is 5.49. The summed E-state index contributed by atoms with van der Waals surface area (Å²) in [4.78, 5) is 41.5. The Morgan fingerprint density at radius 3 is 2.51 bits per heavy atom. The highest BCUT2D eigenvalue weighted by molar-refractivity contribution is 7.46. The summed E-state index contributed by atoms with van der Waals surface area (Å²) in [7, 11) is -4.84. The highest BCUT2D eigenvalue weighted by atomic mass is 31.2. The number of aliphatic hydroxyl groups excluding tert-OH is 2. The first-order valence-corrected chi connectivity index (χ1v) is 11.8. The molecular formula is C19H23N6O9P. The number of nitrogens with two attached hydrogens (primary N) is 2. The zero-order valence-corrected chi connectivity index (χ0v) is 18.8. The number of ether oxygens (including phenoxy) is 1. The SMILES string of the molecule is Nc1ncnc2c1nc(-c1ccc(C[C@H](N)C(=O)O)cc1)n2[C@@H]1O[C@H](COP(=O)(O)O)[C@@H](O)[C@H]1O. The van der Waals surface area contributed by atoms with Crippen LogP contribution in [0.1, 0.15) is 11.8 Å². The van der Waals surface area contributed by atoms with E-state index in [0.717, 1.165) is 0 Å². The van der Waals surface area contributed by atoms with E-state index in [0.29, 0.717) is 11.1 Å². The van der Waals surface area contributed by atoms with Gasteiger partial charge in [-0.15, -0.1) is 0 Å². The molecule has 0 radical (unpaired) electrons. The van der Waals surface area contributed by atoms with Crippen LogP contribution in [0.5, 0.6) is 0 Å². The lowest BCUT2D eigenvalue weighted by Crippen LogP contribution is -2.33. The Balaban J connectivity index is 1.73. The van der Waals surface area contributed by atoms with E-state index in [-0.39, 0.29) is 29.2 Å². The van der Waals surface area contributed by atoms with Crippen molar-refractivity contribution in [3.63, 3.8) is 0 Å². The number of benzene rings is 1. The first-order chi connectivity index (χ1) is 16.5. The smallest absolute Gasteiger partial charge is 0.469 e. The number of rotatable bonds is 8.